The largest absolute Gasteiger partial charge is 0.495 e. The number of hydrogen-bond donors (Lipinski definition) is 1. The number of hydrogen-bond acceptors (Lipinski definition) is 3. The molecule has 0 radical (unpaired) electrons. The molecular weight excluding hydrogens is 483 g/mol. The molecule has 1 aliphatic heterocycles. The van der Waals surface area contributed by atoms with Gasteiger partial charge in [0.05, 0.1) is 36.3 Å². The number of halogens is 2. The molecule has 0 bridgehead atoms. The molecule has 3 heterocycles. The lowest BCUT2D eigenvalue weighted by atomic mass is 9.96. The van der Waals surface area contributed by atoms with E-state index in [1.165, 1.54) is 6.07 Å². The first kappa shape index (κ1) is 23.3. The molecule has 0 unspecified atom stereocenters. The van der Waals surface area contributed by atoms with Crippen molar-refractivity contribution in [3.05, 3.63) is 106 Å². The van der Waals surface area contributed by atoms with Crippen LogP contribution in [0.1, 0.15) is 34.7 Å². The van der Waals surface area contributed by atoms with Gasteiger partial charge in [0.1, 0.15) is 11.6 Å². The molecule has 2 atom stereocenters. The first-order valence-electron chi connectivity index (χ1n) is 11.2. The van der Waals surface area contributed by atoms with Crippen LogP contribution in [-0.4, -0.2) is 21.8 Å². The Hall–Kier alpha value is -3.42. The molecule has 5 rings (SSSR count). The van der Waals surface area contributed by atoms with E-state index in [1.54, 1.807) is 31.5 Å². The molecule has 2 aromatic carbocycles. The molecule has 1 aliphatic rings. The van der Waals surface area contributed by atoms with Crippen LogP contribution >= 0.6 is 23.8 Å². The molecule has 5 nitrogen and oxygen atoms in total. The number of aromatic nitrogens is 2. The Balaban J connectivity index is 1.72. The van der Waals surface area contributed by atoms with Gasteiger partial charge in [-0.25, -0.2) is 4.39 Å². The van der Waals surface area contributed by atoms with Crippen LogP contribution in [0.2, 0.25) is 5.02 Å². The van der Waals surface area contributed by atoms with Crippen molar-refractivity contribution in [1.29, 1.82) is 0 Å². The van der Waals surface area contributed by atoms with Crippen LogP contribution < -0.4 is 15.0 Å². The average molecular weight is 507 g/mol. The minimum absolute atomic E-state index is 0.279. The monoisotopic (exact) mass is 506 g/mol. The molecule has 35 heavy (non-hydrogen) atoms. The van der Waals surface area contributed by atoms with Gasteiger partial charge in [-0.05, 0) is 80.2 Å². The molecule has 178 valence electrons. The smallest absolute Gasteiger partial charge is 0.174 e. The van der Waals surface area contributed by atoms with E-state index in [9.17, 15) is 0 Å². The van der Waals surface area contributed by atoms with Crippen LogP contribution in [0.15, 0.2) is 72.9 Å². The third-order valence-electron chi connectivity index (χ3n) is 6.38. The number of anilines is 1. The van der Waals surface area contributed by atoms with Gasteiger partial charge in [-0.1, -0.05) is 29.8 Å². The summed E-state index contributed by atoms with van der Waals surface area (Å²) >= 11 is 12.1. The number of thiocarbonyl (C=S) groups is 1. The number of benzene rings is 2. The summed E-state index contributed by atoms with van der Waals surface area (Å²) in [6, 6.07) is 19.5. The van der Waals surface area contributed by atoms with E-state index in [1.807, 2.05) is 55.1 Å². The Morgan fingerprint density at radius 2 is 1.80 bits per heavy atom. The number of para-hydroxylation sites is 1. The highest BCUT2D eigenvalue weighted by Crippen LogP contribution is 2.44. The molecule has 0 amide bonds. The van der Waals surface area contributed by atoms with Gasteiger partial charge in [-0.3, -0.25) is 4.98 Å². The van der Waals surface area contributed by atoms with E-state index < -0.39 is 0 Å². The molecule has 0 spiro atoms. The number of nitrogens with one attached hydrogen (secondary N) is 1. The lowest BCUT2D eigenvalue weighted by molar-refractivity contribution is 0.412. The van der Waals surface area contributed by atoms with E-state index in [2.05, 4.69) is 20.9 Å². The molecular formula is C27H24ClFN4OS. The lowest BCUT2D eigenvalue weighted by Gasteiger charge is -2.28. The van der Waals surface area contributed by atoms with Crippen LogP contribution in [-0.2, 0) is 0 Å². The summed E-state index contributed by atoms with van der Waals surface area (Å²) in [5.74, 6) is 0.365. The summed E-state index contributed by atoms with van der Waals surface area (Å²) in [7, 11) is 1.64. The Labute approximate surface area is 214 Å². The van der Waals surface area contributed by atoms with E-state index in [-0.39, 0.29) is 17.9 Å². The number of methoxy groups -OCH3 is 1. The first-order chi connectivity index (χ1) is 16.9. The molecule has 4 aromatic rings. The van der Waals surface area contributed by atoms with E-state index in [0.29, 0.717) is 21.6 Å². The Morgan fingerprint density at radius 3 is 2.51 bits per heavy atom. The molecule has 0 aliphatic carbocycles. The highest BCUT2D eigenvalue weighted by atomic mass is 35.5. The first-order valence-corrected chi connectivity index (χ1v) is 12.0. The molecule has 2 aromatic heterocycles. The fourth-order valence-electron chi connectivity index (χ4n) is 4.87. The molecule has 8 heteroatoms. The van der Waals surface area contributed by atoms with Crippen molar-refractivity contribution in [2.24, 2.45) is 0 Å². The van der Waals surface area contributed by atoms with Crippen molar-refractivity contribution in [1.82, 2.24) is 14.9 Å². The van der Waals surface area contributed by atoms with Gasteiger partial charge < -0.3 is 19.5 Å². The fourth-order valence-corrected chi connectivity index (χ4v) is 5.38. The maximum atomic E-state index is 15.0. The Bertz CT molecular complexity index is 1410. The normalized spacial score (nSPS) is 17.5. The maximum absolute atomic E-state index is 15.0. The van der Waals surface area contributed by atoms with Crippen molar-refractivity contribution in [3.8, 4) is 11.4 Å². The van der Waals surface area contributed by atoms with Crippen molar-refractivity contribution >= 4 is 34.6 Å². The quantitative estimate of drug-likeness (QED) is 0.314. The van der Waals surface area contributed by atoms with Crippen LogP contribution in [0.5, 0.6) is 5.75 Å². The summed E-state index contributed by atoms with van der Waals surface area (Å²) in [4.78, 5) is 6.44. The van der Waals surface area contributed by atoms with Gasteiger partial charge in [-0.15, -0.1) is 0 Å². The molecule has 1 fully saturated rings. The van der Waals surface area contributed by atoms with E-state index >= 15 is 4.39 Å². The third-order valence-corrected chi connectivity index (χ3v) is 6.93. The van der Waals surface area contributed by atoms with Crippen molar-refractivity contribution in [3.63, 3.8) is 0 Å². The summed E-state index contributed by atoms with van der Waals surface area (Å²) in [5.41, 5.74) is 5.03. The SMILES string of the molecule is COc1ccc(Cl)cc1-n1c(C)cc([C@H]2[C@@H](c3ccccn3)NC(=S)N2c2ccccc2F)c1C. The average Bonchev–Trinajstić information content (AvgIpc) is 3.35. The molecule has 1 N–H and O–H groups in total. The van der Waals surface area contributed by atoms with Crippen LogP contribution in [0.4, 0.5) is 10.1 Å². The Morgan fingerprint density at radius 1 is 1.03 bits per heavy atom. The predicted molar refractivity (Wildman–Crippen MR) is 141 cm³/mol. The van der Waals surface area contributed by atoms with Gasteiger partial charge in [0, 0.05) is 22.6 Å². The summed E-state index contributed by atoms with van der Waals surface area (Å²) in [6.07, 6.45) is 1.75. The number of nitrogens with zero attached hydrogens (tertiary/aromatic N) is 3. The highest BCUT2D eigenvalue weighted by molar-refractivity contribution is 7.80. The highest BCUT2D eigenvalue weighted by Gasteiger charge is 2.43. The van der Waals surface area contributed by atoms with Crippen LogP contribution in [0.3, 0.4) is 0 Å². The predicted octanol–water partition coefficient (Wildman–Crippen LogP) is 6.47. The topological polar surface area (TPSA) is 42.3 Å². The third kappa shape index (κ3) is 4.05. The number of pyridine rings is 1. The zero-order valence-corrected chi connectivity index (χ0v) is 21.1. The Kier molecular flexibility index (Phi) is 6.21. The van der Waals surface area contributed by atoms with E-state index in [4.69, 9.17) is 28.6 Å². The zero-order chi connectivity index (χ0) is 24.7. The zero-order valence-electron chi connectivity index (χ0n) is 19.5. The standard InChI is InChI=1S/C27H24ClFN4OS/c1-16-14-19(17(2)32(16)23-15-18(28)11-12-24(23)34-3)26-25(21-9-6-7-13-30-21)31-27(35)33(26)22-10-5-4-8-20(22)29/h4-15,25-26H,1-3H3,(H,31,35)/t25-,26+/m1/s1. The number of aryl methyl sites for hydroxylation is 1. The summed E-state index contributed by atoms with van der Waals surface area (Å²) in [6.45, 7) is 4.07. The summed E-state index contributed by atoms with van der Waals surface area (Å²) in [5, 5.41) is 4.45. The minimum atomic E-state index is -0.339. The van der Waals surface area contributed by atoms with Gasteiger partial charge in [0.2, 0.25) is 0 Å². The van der Waals surface area contributed by atoms with Gasteiger partial charge in [0.25, 0.3) is 0 Å². The maximum Gasteiger partial charge on any atom is 0.174 e. The minimum Gasteiger partial charge on any atom is -0.495 e. The second-order valence-electron chi connectivity index (χ2n) is 8.43. The number of ether oxygens (including phenoxy) is 1. The summed E-state index contributed by atoms with van der Waals surface area (Å²) < 4.78 is 22.8. The molecule has 1 saturated heterocycles. The van der Waals surface area contributed by atoms with Crippen molar-refractivity contribution in [2.45, 2.75) is 25.9 Å². The van der Waals surface area contributed by atoms with Crippen molar-refractivity contribution in [2.75, 3.05) is 12.0 Å². The van der Waals surface area contributed by atoms with Gasteiger partial charge >= 0.3 is 0 Å². The fraction of sp³-hybridized carbons (Fsp3) is 0.185. The van der Waals surface area contributed by atoms with Crippen LogP contribution in [0, 0.1) is 19.7 Å². The second kappa shape index (κ2) is 9.32. The van der Waals surface area contributed by atoms with Crippen molar-refractivity contribution < 1.29 is 9.13 Å². The van der Waals surface area contributed by atoms with Gasteiger partial charge in [0.15, 0.2) is 5.11 Å². The van der Waals surface area contributed by atoms with Crippen LogP contribution in [0.25, 0.3) is 5.69 Å². The second-order valence-corrected chi connectivity index (χ2v) is 9.25. The molecule has 0 saturated carbocycles. The van der Waals surface area contributed by atoms with E-state index in [0.717, 1.165) is 28.3 Å². The number of rotatable bonds is 5. The lowest BCUT2D eigenvalue weighted by Crippen LogP contribution is -2.30. The van der Waals surface area contributed by atoms with Gasteiger partial charge in [-0.2, -0.15) is 0 Å².